The van der Waals surface area contributed by atoms with Crippen molar-refractivity contribution >= 4 is 5.82 Å². The van der Waals surface area contributed by atoms with Crippen LogP contribution in [0.3, 0.4) is 0 Å². The number of nitriles is 1. The van der Waals surface area contributed by atoms with Crippen LogP contribution in [0.1, 0.15) is 38.3 Å². The molecule has 5 heteroatoms. The van der Waals surface area contributed by atoms with E-state index in [-0.39, 0.29) is 0 Å². The minimum absolute atomic E-state index is 0.380. The molecule has 2 bridgehead atoms. The molecule has 1 aromatic rings. The minimum atomic E-state index is 0.380. The smallest absolute Gasteiger partial charge is 0.158 e. The van der Waals surface area contributed by atoms with Crippen molar-refractivity contribution in [2.45, 2.75) is 50.7 Å². The monoisotopic (exact) mass is 257 g/mol. The van der Waals surface area contributed by atoms with E-state index < -0.39 is 0 Å². The minimum Gasteiger partial charge on any atom is -0.353 e. The summed E-state index contributed by atoms with van der Waals surface area (Å²) in [6.07, 6.45) is 8.27. The lowest BCUT2D eigenvalue weighted by atomic mass is 9.98. The summed E-state index contributed by atoms with van der Waals surface area (Å²) in [6, 6.07) is 3.90. The van der Waals surface area contributed by atoms with Crippen LogP contribution in [0.15, 0.2) is 12.4 Å². The SMILES string of the molecule is CCN(c1cnc(C#N)cn1)C1CC2CCC(C1)N2. The first kappa shape index (κ1) is 12.4. The standard InChI is InChI=1S/C14H19N5/c1-2-19(14-9-16-12(7-15)8-17-14)13-5-10-3-4-11(6-13)18-10/h8-11,13,18H,2-6H2,1H3. The molecule has 19 heavy (non-hydrogen) atoms. The molecule has 1 aromatic heterocycles. The quantitative estimate of drug-likeness (QED) is 0.888. The summed E-state index contributed by atoms with van der Waals surface area (Å²) in [7, 11) is 0. The average Bonchev–Trinajstić information content (AvgIpc) is 2.79. The second-order valence-corrected chi connectivity index (χ2v) is 5.42. The van der Waals surface area contributed by atoms with Crippen LogP contribution in [-0.4, -0.2) is 34.6 Å². The summed E-state index contributed by atoms with van der Waals surface area (Å²) in [6.45, 7) is 3.09. The van der Waals surface area contributed by atoms with Crippen molar-refractivity contribution < 1.29 is 0 Å². The fourth-order valence-corrected chi connectivity index (χ4v) is 3.42. The Morgan fingerprint density at radius 2 is 2.05 bits per heavy atom. The van der Waals surface area contributed by atoms with Gasteiger partial charge in [0.25, 0.3) is 0 Å². The van der Waals surface area contributed by atoms with E-state index in [9.17, 15) is 0 Å². The van der Waals surface area contributed by atoms with Crippen molar-refractivity contribution in [3.63, 3.8) is 0 Å². The Labute approximate surface area is 113 Å². The summed E-state index contributed by atoms with van der Waals surface area (Å²) in [5.74, 6) is 0.896. The maximum absolute atomic E-state index is 8.78. The normalized spacial score (nSPS) is 28.9. The van der Waals surface area contributed by atoms with Crippen LogP contribution >= 0.6 is 0 Å². The lowest BCUT2D eigenvalue weighted by Gasteiger charge is -2.37. The van der Waals surface area contributed by atoms with Gasteiger partial charge in [-0.3, -0.25) is 0 Å². The van der Waals surface area contributed by atoms with Crippen LogP contribution in [-0.2, 0) is 0 Å². The molecule has 2 aliphatic rings. The van der Waals surface area contributed by atoms with Gasteiger partial charge in [-0.25, -0.2) is 9.97 Å². The van der Waals surface area contributed by atoms with Gasteiger partial charge < -0.3 is 10.2 Å². The molecule has 100 valence electrons. The molecular weight excluding hydrogens is 238 g/mol. The van der Waals surface area contributed by atoms with Gasteiger partial charge in [0, 0.05) is 24.7 Å². The Morgan fingerprint density at radius 3 is 2.58 bits per heavy atom. The number of nitrogens with one attached hydrogen (secondary N) is 1. The van der Waals surface area contributed by atoms with Gasteiger partial charge in [-0.15, -0.1) is 0 Å². The van der Waals surface area contributed by atoms with Crippen LogP contribution in [0.5, 0.6) is 0 Å². The van der Waals surface area contributed by atoms with Crippen LogP contribution < -0.4 is 10.2 Å². The van der Waals surface area contributed by atoms with E-state index >= 15 is 0 Å². The lowest BCUT2D eigenvalue weighted by molar-refractivity contribution is 0.348. The van der Waals surface area contributed by atoms with Crippen molar-refractivity contribution in [1.82, 2.24) is 15.3 Å². The molecule has 0 saturated carbocycles. The van der Waals surface area contributed by atoms with Crippen LogP contribution in [0, 0.1) is 11.3 Å². The van der Waals surface area contributed by atoms with Crippen molar-refractivity contribution in [2.75, 3.05) is 11.4 Å². The number of hydrogen-bond donors (Lipinski definition) is 1. The maximum atomic E-state index is 8.78. The summed E-state index contributed by atoms with van der Waals surface area (Å²) in [4.78, 5) is 10.9. The first-order valence-corrected chi connectivity index (χ1v) is 7.05. The topological polar surface area (TPSA) is 64.8 Å². The third kappa shape index (κ3) is 2.41. The van der Waals surface area contributed by atoms with E-state index in [0.29, 0.717) is 23.8 Å². The predicted octanol–water partition coefficient (Wildman–Crippen LogP) is 1.46. The summed E-state index contributed by atoms with van der Waals surface area (Å²) >= 11 is 0. The highest BCUT2D eigenvalue weighted by Gasteiger charge is 2.36. The highest BCUT2D eigenvalue weighted by molar-refractivity contribution is 5.39. The zero-order valence-electron chi connectivity index (χ0n) is 11.2. The molecule has 3 heterocycles. The number of rotatable bonds is 3. The van der Waals surface area contributed by atoms with Gasteiger partial charge in [-0.05, 0) is 32.6 Å². The van der Waals surface area contributed by atoms with Gasteiger partial charge >= 0.3 is 0 Å². The van der Waals surface area contributed by atoms with Gasteiger partial charge in [-0.2, -0.15) is 5.26 Å². The Hall–Kier alpha value is -1.67. The Kier molecular flexibility index (Phi) is 3.34. The molecular formula is C14H19N5. The maximum Gasteiger partial charge on any atom is 0.158 e. The summed E-state index contributed by atoms with van der Waals surface area (Å²) < 4.78 is 0. The van der Waals surface area contributed by atoms with Crippen LogP contribution in [0.2, 0.25) is 0 Å². The number of anilines is 1. The van der Waals surface area contributed by atoms with E-state index in [1.165, 1.54) is 25.7 Å². The van der Waals surface area contributed by atoms with E-state index in [4.69, 9.17) is 5.26 Å². The highest BCUT2D eigenvalue weighted by atomic mass is 15.2. The van der Waals surface area contributed by atoms with E-state index in [1.807, 2.05) is 6.07 Å². The Morgan fingerprint density at radius 1 is 1.32 bits per heavy atom. The van der Waals surface area contributed by atoms with Gasteiger partial charge in [0.1, 0.15) is 11.9 Å². The van der Waals surface area contributed by atoms with Crippen molar-refractivity contribution in [2.24, 2.45) is 0 Å². The van der Waals surface area contributed by atoms with Crippen molar-refractivity contribution in [3.8, 4) is 6.07 Å². The molecule has 0 radical (unpaired) electrons. The molecule has 5 nitrogen and oxygen atoms in total. The second-order valence-electron chi connectivity index (χ2n) is 5.42. The van der Waals surface area contributed by atoms with Gasteiger partial charge in [0.05, 0.1) is 12.4 Å². The molecule has 2 atom stereocenters. The molecule has 0 spiro atoms. The van der Waals surface area contributed by atoms with Crippen LogP contribution in [0.25, 0.3) is 0 Å². The number of aromatic nitrogens is 2. The number of nitrogens with zero attached hydrogens (tertiary/aromatic N) is 4. The molecule has 2 saturated heterocycles. The van der Waals surface area contributed by atoms with Gasteiger partial charge in [0.2, 0.25) is 0 Å². The fraction of sp³-hybridized carbons (Fsp3) is 0.643. The molecule has 2 aliphatic heterocycles. The summed E-state index contributed by atoms with van der Waals surface area (Å²) in [5, 5.41) is 12.4. The molecule has 2 fully saturated rings. The number of fused-ring (bicyclic) bond motifs is 2. The van der Waals surface area contributed by atoms with E-state index in [1.54, 1.807) is 12.4 Å². The first-order chi connectivity index (χ1) is 9.30. The number of piperidine rings is 1. The second kappa shape index (κ2) is 5.14. The largest absolute Gasteiger partial charge is 0.353 e. The zero-order valence-corrected chi connectivity index (χ0v) is 11.2. The van der Waals surface area contributed by atoms with E-state index in [0.717, 1.165) is 12.4 Å². The zero-order chi connectivity index (χ0) is 13.2. The highest BCUT2D eigenvalue weighted by Crippen LogP contribution is 2.31. The molecule has 1 N–H and O–H groups in total. The van der Waals surface area contributed by atoms with Gasteiger partial charge in [0.15, 0.2) is 5.69 Å². The average molecular weight is 257 g/mol. The predicted molar refractivity (Wildman–Crippen MR) is 72.7 cm³/mol. The molecule has 3 rings (SSSR count). The third-order valence-corrected chi connectivity index (χ3v) is 4.28. The van der Waals surface area contributed by atoms with E-state index in [2.05, 4.69) is 27.1 Å². The Balaban J connectivity index is 1.78. The fourth-order valence-electron chi connectivity index (χ4n) is 3.42. The molecule has 0 amide bonds. The number of hydrogen-bond acceptors (Lipinski definition) is 5. The van der Waals surface area contributed by atoms with Crippen LogP contribution in [0.4, 0.5) is 5.82 Å². The third-order valence-electron chi connectivity index (χ3n) is 4.28. The summed E-state index contributed by atoms with van der Waals surface area (Å²) in [5.41, 5.74) is 0.380. The molecule has 0 aliphatic carbocycles. The van der Waals surface area contributed by atoms with Gasteiger partial charge in [-0.1, -0.05) is 0 Å². The molecule has 0 aromatic carbocycles. The van der Waals surface area contributed by atoms with Crippen molar-refractivity contribution in [3.05, 3.63) is 18.1 Å². The first-order valence-electron chi connectivity index (χ1n) is 7.05. The van der Waals surface area contributed by atoms with Crippen molar-refractivity contribution in [1.29, 1.82) is 5.26 Å². The lowest BCUT2D eigenvalue weighted by Crippen LogP contribution is -2.48. The Bertz CT molecular complexity index is 466. The molecule has 2 unspecified atom stereocenters.